The van der Waals surface area contributed by atoms with Crippen LogP contribution in [0.1, 0.15) is 17.2 Å². The van der Waals surface area contributed by atoms with Crippen molar-refractivity contribution >= 4 is 38.4 Å². The minimum absolute atomic E-state index is 0.0559. The van der Waals surface area contributed by atoms with E-state index in [4.69, 9.17) is 11.6 Å². The number of halogens is 3. The Morgan fingerprint density at radius 3 is 2.45 bits per heavy atom. The molecule has 2 N–H and O–H groups in total. The van der Waals surface area contributed by atoms with Gasteiger partial charge in [0.15, 0.2) is 0 Å². The molecule has 11 heteroatoms. The van der Waals surface area contributed by atoms with Crippen LogP contribution in [0, 0.1) is 11.6 Å². The van der Waals surface area contributed by atoms with Crippen molar-refractivity contribution in [1.29, 1.82) is 0 Å². The van der Waals surface area contributed by atoms with Gasteiger partial charge in [0.2, 0.25) is 0 Å². The van der Waals surface area contributed by atoms with E-state index < -0.39 is 33.6 Å². The van der Waals surface area contributed by atoms with E-state index in [0.29, 0.717) is 11.3 Å². The second-order valence-electron chi connectivity index (χ2n) is 8.88. The van der Waals surface area contributed by atoms with Gasteiger partial charge in [-0.25, -0.2) is 26.7 Å². The summed E-state index contributed by atoms with van der Waals surface area (Å²) in [6, 6.07) is 18.8. The molecule has 5 aromatic rings. The normalized spacial score (nSPS) is 12.2. The molecular weight excluding hydrogens is 558 g/mol. The summed E-state index contributed by atoms with van der Waals surface area (Å²) in [6.45, 7) is -0.230. The van der Waals surface area contributed by atoms with Crippen LogP contribution in [0.3, 0.4) is 0 Å². The summed E-state index contributed by atoms with van der Waals surface area (Å²) in [7, 11) is -4.29. The number of rotatable bonds is 7. The van der Waals surface area contributed by atoms with Crippen LogP contribution in [0.15, 0.2) is 102 Å². The van der Waals surface area contributed by atoms with Gasteiger partial charge in [0.05, 0.1) is 10.7 Å². The first-order valence-electron chi connectivity index (χ1n) is 12.0. The molecule has 0 aliphatic heterocycles. The van der Waals surface area contributed by atoms with E-state index in [-0.39, 0.29) is 22.0 Å². The lowest BCUT2D eigenvalue weighted by atomic mass is 9.89. The Morgan fingerprint density at radius 2 is 1.68 bits per heavy atom. The summed E-state index contributed by atoms with van der Waals surface area (Å²) < 4.78 is 55.9. The van der Waals surface area contributed by atoms with Gasteiger partial charge in [-0.3, -0.25) is 9.97 Å². The van der Waals surface area contributed by atoms with Gasteiger partial charge < -0.3 is 5.32 Å². The van der Waals surface area contributed by atoms with Crippen LogP contribution in [0.25, 0.3) is 21.9 Å². The zero-order chi connectivity index (χ0) is 28.3. The van der Waals surface area contributed by atoms with Gasteiger partial charge in [-0.2, -0.15) is 0 Å². The Balaban J connectivity index is 1.50. The van der Waals surface area contributed by atoms with E-state index in [0.717, 1.165) is 34.5 Å². The van der Waals surface area contributed by atoms with Gasteiger partial charge in [0.1, 0.15) is 16.5 Å². The smallest absolute Gasteiger partial charge is 0.328 e. The summed E-state index contributed by atoms with van der Waals surface area (Å²) in [5.41, 5.74) is 2.06. The lowest BCUT2D eigenvalue weighted by molar-refractivity contribution is 0.245. The molecule has 0 spiro atoms. The van der Waals surface area contributed by atoms with E-state index in [1.807, 2.05) is 35.1 Å². The number of nitrogens with zero attached hydrogens (tertiary/aromatic N) is 2. The second kappa shape index (κ2) is 11.4. The summed E-state index contributed by atoms with van der Waals surface area (Å²) in [5, 5.41) is 4.31. The molecule has 2 heterocycles. The largest absolute Gasteiger partial charge is 0.336 e. The monoisotopic (exact) mass is 578 g/mol. The van der Waals surface area contributed by atoms with Crippen LogP contribution in [0.2, 0.25) is 5.02 Å². The van der Waals surface area contributed by atoms with Crippen molar-refractivity contribution in [2.75, 3.05) is 6.54 Å². The zero-order valence-electron chi connectivity index (χ0n) is 20.7. The van der Waals surface area contributed by atoms with E-state index in [1.54, 1.807) is 24.5 Å². The van der Waals surface area contributed by atoms with Crippen LogP contribution in [-0.4, -0.2) is 31.0 Å². The van der Waals surface area contributed by atoms with Crippen molar-refractivity contribution in [3.63, 3.8) is 0 Å². The Kier molecular flexibility index (Phi) is 7.72. The molecular formula is C29H21ClF2N4O3S. The van der Waals surface area contributed by atoms with Crippen molar-refractivity contribution in [2.45, 2.75) is 10.8 Å². The number of benzene rings is 3. The number of hydrogen-bond donors (Lipinski definition) is 2. The molecule has 1 unspecified atom stereocenters. The van der Waals surface area contributed by atoms with Crippen molar-refractivity contribution in [2.24, 2.45) is 0 Å². The van der Waals surface area contributed by atoms with Gasteiger partial charge >= 0.3 is 6.03 Å². The van der Waals surface area contributed by atoms with Crippen molar-refractivity contribution < 1.29 is 22.0 Å². The summed E-state index contributed by atoms with van der Waals surface area (Å²) in [5.74, 6) is -2.46. The molecule has 0 saturated heterocycles. The number of amides is 2. The zero-order valence-corrected chi connectivity index (χ0v) is 22.3. The molecule has 0 bridgehead atoms. The van der Waals surface area contributed by atoms with Gasteiger partial charge in [-0.15, -0.1) is 0 Å². The minimum atomic E-state index is -4.29. The maximum atomic E-state index is 14.3. The SMILES string of the molecule is O=C(NCC(c1cc(F)cc(F)c1)c1ncccc1-c1ccc2ccncc2c1)NS(=O)(=O)c1ccccc1Cl. The topological polar surface area (TPSA) is 101 Å². The predicted molar refractivity (Wildman–Crippen MR) is 148 cm³/mol. The molecule has 0 aliphatic rings. The van der Waals surface area contributed by atoms with Crippen LogP contribution in [-0.2, 0) is 10.0 Å². The molecule has 0 saturated carbocycles. The molecule has 2 amide bonds. The molecule has 0 aliphatic carbocycles. The minimum Gasteiger partial charge on any atom is -0.336 e. The van der Waals surface area contributed by atoms with E-state index in [2.05, 4.69) is 15.3 Å². The molecule has 3 aromatic carbocycles. The highest BCUT2D eigenvalue weighted by molar-refractivity contribution is 7.90. The Labute approximate surface area is 233 Å². The molecule has 2 aromatic heterocycles. The summed E-state index contributed by atoms with van der Waals surface area (Å²) in [6.07, 6.45) is 4.94. The quantitative estimate of drug-likeness (QED) is 0.245. The second-order valence-corrected chi connectivity index (χ2v) is 10.9. The first-order valence-corrected chi connectivity index (χ1v) is 13.9. The van der Waals surface area contributed by atoms with Crippen LogP contribution < -0.4 is 10.0 Å². The third-order valence-electron chi connectivity index (χ3n) is 6.23. The molecule has 202 valence electrons. The number of nitrogens with one attached hydrogen (secondary N) is 2. The molecule has 0 radical (unpaired) electrons. The molecule has 1 atom stereocenters. The van der Waals surface area contributed by atoms with Gasteiger partial charge in [0, 0.05) is 48.1 Å². The van der Waals surface area contributed by atoms with Gasteiger partial charge in [-0.05, 0) is 59.0 Å². The van der Waals surface area contributed by atoms with Crippen LogP contribution in [0.5, 0.6) is 0 Å². The molecule has 40 heavy (non-hydrogen) atoms. The van der Waals surface area contributed by atoms with Crippen molar-refractivity contribution in [3.05, 3.63) is 125 Å². The number of fused-ring (bicyclic) bond motifs is 1. The summed E-state index contributed by atoms with van der Waals surface area (Å²) >= 11 is 5.99. The maximum absolute atomic E-state index is 14.3. The van der Waals surface area contributed by atoms with Crippen LogP contribution in [0.4, 0.5) is 13.6 Å². The maximum Gasteiger partial charge on any atom is 0.328 e. The summed E-state index contributed by atoms with van der Waals surface area (Å²) in [4.78, 5) is 21.1. The number of hydrogen-bond acceptors (Lipinski definition) is 5. The molecule has 0 fully saturated rings. The third-order valence-corrected chi connectivity index (χ3v) is 8.06. The van der Waals surface area contributed by atoms with E-state index in [9.17, 15) is 22.0 Å². The highest BCUT2D eigenvalue weighted by Gasteiger charge is 2.25. The first kappa shape index (κ1) is 27.2. The first-order chi connectivity index (χ1) is 19.2. The van der Waals surface area contributed by atoms with Crippen LogP contribution >= 0.6 is 11.6 Å². The average Bonchev–Trinajstić information content (AvgIpc) is 2.92. The molecule has 7 nitrogen and oxygen atoms in total. The highest BCUT2D eigenvalue weighted by atomic mass is 35.5. The number of sulfonamides is 1. The van der Waals surface area contributed by atoms with Crippen molar-refractivity contribution in [3.8, 4) is 11.1 Å². The fourth-order valence-electron chi connectivity index (χ4n) is 4.41. The lowest BCUT2D eigenvalue weighted by Gasteiger charge is -2.21. The van der Waals surface area contributed by atoms with Crippen molar-refractivity contribution in [1.82, 2.24) is 20.0 Å². The van der Waals surface area contributed by atoms with E-state index in [1.165, 1.54) is 24.4 Å². The molecule has 5 rings (SSSR count). The van der Waals surface area contributed by atoms with Gasteiger partial charge in [0.25, 0.3) is 10.0 Å². The van der Waals surface area contributed by atoms with Gasteiger partial charge in [-0.1, -0.05) is 41.9 Å². The highest BCUT2D eigenvalue weighted by Crippen LogP contribution is 2.33. The lowest BCUT2D eigenvalue weighted by Crippen LogP contribution is -2.41. The Hall–Kier alpha value is -4.41. The number of pyridine rings is 2. The Morgan fingerprint density at radius 1 is 0.900 bits per heavy atom. The number of urea groups is 1. The standard InChI is InChI=1S/C29H21ClF2N4O3S/c30-26-5-1-2-6-27(26)40(38,39)36-29(37)35-17-25(20-13-22(31)15-23(32)14-20)28-24(4-3-10-34-28)19-8-7-18-9-11-33-16-21(18)12-19/h1-16,25H,17H2,(H2,35,36,37). The van der Waals surface area contributed by atoms with E-state index >= 15 is 0 Å². The number of carbonyl (C=O) groups is 1. The number of aromatic nitrogens is 2. The fraction of sp³-hybridized carbons (Fsp3) is 0.0690. The predicted octanol–water partition coefficient (Wildman–Crippen LogP) is 6.05. The third kappa shape index (κ3) is 5.93. The number of carbonyl (C=O) groups excluding carboxylic acids is 1. The Bertz CT molecular complexity index is 1820. The fourth-order valence-corrected chi connectivity index (χ4v) is 5.86. The average molecular weight is 579 g/mol.